The van der Waals surface area contributed by atoms with Crippen molar-refractivity contribution in [3.63, 3.8) is 0 Å². The van der Waals surface area contributed by atoms with Crippen LogP contribution in [0.5, 0.6) is 0 Å². The van der Waals surface area contributed by atoms with E-state index in [1.54, 1.807) is 0 Å². The monoisotopic (exact) mass is 414 g/mol. The number of nitrogens with zero attached hydrogens (tertiary/aromatic N) is 1. The van der Waals surface area contributed by atoms with Crippen LogP contribution in [0.2, 0.25) is 5.02 Å². The lowest BCUT2D eigenvalue weighted by atomic mass is 9.75. The van der Waals surface area contributed by atoms with Gasteiger partial charge >= 0.3 is 5.97 Å². The molecular formula is C19H24Cl2N2O4. The average molecular weight is 415 g/mol. The smallest absolute Gasteiger partial charge is 0.316 e. The number of halogens is 2. The summed E-state index contributed by atoms with van der Waals surface area (Å²) in [6.45, 7) is 3.06. The van der Waals surface area contributed by atoms with Gasteiger partial charge in [-0.15, -0.1) is 12.4 Å². The third-order valence-corrected chi connectivity index (χ3v) is 6.34. The molecule has 148 valence electrons. The van der Waals surface area contributed by atoms with Crippen molar-refractivity contribution in [2.75, 3.05) is 46.5 Å². The average Bonchev–Trinajstić information content (AvgIpc) is 3.16. The Labute approximate surface area is 169 Å². The summed E-state index contributed by atoms with van der Waals surface area (Å²) in [4.78, 5) is 27.6. The molecule has 3 aliphatic rings. The van der Waals surface area contributed by atoms with Gasteiger partial charge in [0.1, 0.15) is 5.41 Å². The van der Waals surface area contributed by atoms with Crippen molar-refractivity contribution in [3.05, 3.63) is 34.9 Å². The number of hydrogen-bond donors (Lipinski definition) is 1. The Hall–Kier alpha value is -1.34. The van der Waals surface area contributed by atoms with E-state index in [-0.39, 0.29) is 30.2 Å². The zero-order chi connectivity index (χ0) is 18.4. The molecular weight excluding hydrogens is 391 g/mol. The molecule has 1 N–H and O–H groups in total. The minimum absolute atomic E-state index is 0. The summed E-state index contributed by atoms with van der Waals surface area (Å²) in [6.07, 6.45) is 0.666. The molecule has 0 radical (unpaired) electrons. The fraction of sp³-hybridized carbons (Fsp3) is 0.579. The topological polar surface area (TPSA) is 67.9 Å². The zero-order valence-corrected chi connectivity index (χ0v) is 16.8. The molecule has 2 atom stereocenters. The molecule has 27 heavy (non-hydrogen) atoms. The maximum Gasteiger partial charge on any atom is 0.316 e. The molecule has 8 heteroatoms. The zero-order valence-electron chi connectivity index (χ0n) is 15.2. The van der Waals surface area contributed by atoms with Gasteiger partial charge in [-0.3, -0.25) is 9.59 Å². The van der Waals surface area contributed by atoms with E-state index >= 15 is 0 Å². The number of esters is 1. The van der Waals surface area contributed by atoms with Crippen molar-refractivity contribution in [1.29, 1.82) is 0 Å². The van der Waals surface area contributed by atoms with Gasteiger partial charge < -0.3 is 19.7 Å². The van der Waals surface area contributed by atoms with E-state index in [1.165, 1.54) is 7.11 Å². The molecule has 3 saturated heterocycles. The molecule has 0 bridgehead atoms. The molecule has 6 nitrogen and oxygen atoms in total. The van der Waals surface area contributed by atoms with Crippen molar-refractivity contribution in [3.8, 4) is 0 Å². The van der Waals surface area contributed by atoms with Crippen LogP contribution in [0.3, 0.4) is 0 Å². The van der Waals surface area contributed by atoms with Crippen molar-refractivity contribution < 1.29 is 19.1 Å². The molecule has 0 saturated carbocycles. The number of nitrogens with one attached hydrogen (secondary N) is 1. The molecule has 1 aromatic rings. The Bertz CT molecular complexity index is 723. The van der Waals surface area contributed by atoms with Crippen molar-refractivity contribution in [2.45, 2.75) is 6.42 Å². The van der Waals surface area contributed by atoms with Crippen molar-refractivity contribution >= 4 is 35.9 Å². The summed E-state index contributed by atoms with van der Waals surface area (Å²) in [5.41, 5.74) is -0.0668. The van der Waals surface area contributed by atoms with Gasteiger partial charge in [0, 0.05) is 37.1 Å². The highest BCUT2D eigenvalue weighted by atomic mass is 35.5. The number of ether oxygens (including phenoxy) is 2. The Morgan fingerprint density at radius 3 is 2.63 bits per heavy atom. The lowest BCUT2D eigenvalue weighted by Gasteiger charge is -2.44. The SMILES string of the molecule is COC(=O)[C@@]12COC[C@@H]1CN(C(=O)C1(Cc3ccc(Cl)cc3)CNC1)C2.Cl. The van der Waals surface area contributed by atoms with E-state index in [2.05, 4.69) is 5.32 Å². The largest absolute Gasteiger partial charge is 0.468 e. The first-order valence-electron chi connectivity index (χ1n) is 8.90. The van der Waals surface area contributed by atoms with Crippen LogP contribution >= 0.6 is 24.0 Å². The van der Waals surface area contributed by atoms with Crippen LogP contribution in [0, 0.1) is 16.7 Å². The van der Waals surface area contributed by atoms with Gasteiger partial charge in [0.05, 0.1) is 25.7 Å². The standard InChI is InChI=1S/C19H23ClN2O4.ClH/c1-25-17(24)19-11-22(7-14(19)8-26-12-19)16(23)18(9-21-10-18)6-13-2-4-15(20)5-3-13;/h2-5,14,21H,6-12H2,1H3;1H/t14-,19-;/m0./s1. The summed E-state index contributed by atoms with van der Waals surface area (Å²) in [6, 6.07) is 7.65. The van der Waals surface area contributed by atoms with Gasteiger partial charge in [-0.1, -0.05) is 23.7 Å². The fourth-order valence-corrected chi connectivity index (χ4v) is 4.62. The highest BCUT2D eigenvalue weighted by Gasteiger charge is 2.60. The molecule has 1 amide bonds. The molecule has 3 fully saturated rings. The Morgan fingerprint density at radius 2 is 2.04 bits per heavy atom. The van der Waals surface area contributed by atoms with Crippen LogP contribution in [0.15, 0.2) is 24.3 Å². The summed E-state index contributed by atoms with van der Waals surface area (Å²) >= 11 is 5.97. The number of rotatable bonds is 4. The van der Waals surface area contributed by atoms with Gasteiger partial charge in [-0.05, 0) is 24.1 Å². The summed E-state index contributed by atoms with van der Waals surface area (Å²) in [7, 11) is 1.40. The van der Waals surface area contributed by atoms with Crippen LogP contribution < -0.4 is 5.32 Å². The van der Waals surface area contributed by atoms with E-state index in [4.69, 9.17) is 21.1 Å². The number of likely N-dealkylation sites (tertiary alicyclic amines) is 1. The van der Waals surface area contributed by atoms with E-state index in [9.17, 15) is 9.59 Å². The normalized spacial score (nSPS) is 28.1. The first kappa shape index (κ1) is 20.4. The lowest BCUT2D eigenvalue weighted by molar-refractivity contribution is -0.154. The van der Waals surface area contributed by atoms with Crippen LogP contribution in [0.1, 0.15) is 5.56 Å². The number of hydrogen-bond acceptors (Lipinski definition) is 5. The molecule has 0 spiro atoms. The fourth-order valence-electron chi connectivity index (χ4n) is 4.49. The van der Waals surface area contributed by atoms with E-state index in [1.807, 2.05) is 29.2 Å². The highest BCUT2D eigenvalue weighted by Crippen LogP contribution is 2.44. The third kappa shape index (κ3) is 3.33. The minimum Gasteiger partial charge on any atom is -0.468 e. The number of carbonyl (C=O) groups excluding carboxylic acids is 2. The molecule has 3 aliphatic heterocycles. The van der Waals surface area contributed by atoms with Crippen LogP contribution in [0.4, 0.5) is 0 Å². The number of amides is 1. The van der Waals surface area contributed by atoms with Crippen molar-refractivity contribution in [1.82, 2.24) is 10.2 Å². The van der Waals surface area contributed by atoms with E-state index < -0.39 is 10.8 Å². The Balaban J connectivity index is 0.00000210. The molecule has 0 aromatic heterocycles. The quantitative estimate of drug-likeness (QED) is 0.756. The highest BCUT2D eigenvalue weighted by molar-refractivity contribution is 6.30. The third-order valence-electron chi connectivity index (χ3n) is 6.09. The van der Waals surface area contributed by atoms with Crippen LogP contribution in [-0.2, 0) is 25.5 Å². The van der Waals surface area contributed by atoms with Crippen LogP contribution in [0.25, 0.3) is 0 Å². The first-order valence-corrected chi connectivity index (χ1v) is 9.28. The molecule has 0 aliphatic carbocycles. The predicted octanol–water partition coefficient (Wildman–Crippen LogP) is 1.54. The van der Waals surface area contributed by atoms with Gasteiger partial charge in [0.25, 0.3) is 0 Å². The molecule has 3 heterocycles. The number of methoxy groups -OCH3 is 1. The Kier molecular flexibility index (Phi) is 5.73. The first-order chi connectivity index (χ1) is 12.5. The molecule has 1 aromatic carbocycles. The van der Waals surface area contributed by atoms with Crippen LogP contribution in [-0.4, -0.2) is 63.3 Å². The predicted molar refractivity (Wildman–Crippen MR) is 103 cm³/mol. The van der Waals surface area contributed by atoms with Gasteiger partial charge in [-0.2, -0.15) is 0 Å². The van der Waals surface area contributed by atoms with Crippen molar-refractivity contribution in [2.24, 2.45) is 16.7 Å². The lowest BCUT2D eigenvalue weighted by Crippen LogP contribution is -2.63. The minimum atomic E-state index is -0.705. The maximum atomic E-state index is 13.4. The molecule has 4 rings (SSSR count). The summed E-state index contributed by atoms with van der Waals surface area (Å²) in [5.74, 6) is -0.141. The summed E-state index contributed by atoms with van der Waals surface area (Å²) in [5, 5.41) is 3.93. The summed E-state index contributed by atoms with van der Waals surface area (Å²) < 4.78 is 10.6. The van der Waals surface area contributed by atoms with Gasteiger partial charge in [0.2, 0.25) is 5.91 Å². The van der Waals surface area contributed by atoms with E-state index in [0.717, 1.165) is 5.56 Å². The second kappa shape index (κ2) is 7.59. The van der Waals surface area contributed by atoms with E-state index in [0.29, 0.717) is 50.8 Å². The van der Waals surface area contributed by atoms with Gasteiger partial charge in [0.15, 0.2) is 0 Å². The Morgan fingerprint density at radius 1 is 1.33 bits per heavy atom. The second-order valence-electron chi connectivity index (χ2n) is 7.73. The number of benzene rings is 1. The maximum absolute atomic E-state index is 13.4. The van der Waals surface area contributed by atoms with Gasteiger partial charge in [-0.25, -0.2) is 0 Å². The number of fused-ring (bicyclic) bond motifs is 1. The number of carbonyl (C=O) groups is 2. The molecule has 0 unspecified atom stereocenters. The second-order valence-corrected chi connectivity index (χ2v) is 8.17.